The van der Waals surface area contributed by atoms with Crippen molar-refractivity contribution in [2.24, 2.45) is 5.41 Å². The maximum atomic E-state index is 5.37. The SMILES string of the molecule is CCCNCC1(CN(CC)C(C)COC)CCCCCC1. The lowest BCUT2D eigenvalue weighted by atomic mass is 9.79. The first-order valence-electron chi connectivity index (χ1n) is 9.11. The van der Waals surface area contributed by atoms with Crippen LogP contribution in [0.2, 0.25) is 0 Å². The fraction of sp³-hybridized carbons (Fsp3) is 1.00. The minimum atomic E-state index is 0.476. The monoisotopic (exact) mass is 298 g/mol. The van der Waals surface area contributed by atoms with Crippen LogP contribution in [0, 0.1) is 5.41 Å². The third-order valence-electron chi connectivity index (χ3n) is 5.07. The van der Waals surface area contributed by atoms with Gasteiger partial charge in [-0.3, -0.25) is 4.90 Å². The average Bonchev–Trinajstić information content (AvgIpc) is 2.71. The zero-order chi connectivity index (χ0) is 15.6. The molecule has 126 valence electrons. The van der Waals surface area contributed by atoms with Gasteiger partial charge in [0.15, 0.2) is 0 Å². The van der Waals surface area contributed by atoms with Gasteiger partial charge < -0.3 is 10.1 Å². The van der Waals surface area contributed by atoms with E-state index in [1.807, 2.05) is 7.11 Å². The molecule has 3 nitrogen and oxygen atoms in total. The third kappa shape index (κ3) is 6.66. The fourth-order valence-corrected chi connectivity index (χ4v) is 3.76. The van der Waals surface area contributed by atoms with Gasteiger partial charge in [0.1, 0.15) is 0 Å². The molecule has 1 atom stereocenters. The zero-order valence-electron chi connectivity index (χ0n) is 14.9. The quantitative estimate of drug-likeness (QED) is 0.492. The molecule has 1 aliphatic rings. The molecular formula is C18H38N2O. The smallest absolute Gasteiger partial charge is 0.0615 e. The van der Waals surface area contributed by atoms with Gasteiger partial charge in [-0.25, -0.2) is 0 Å². The Balaban J connectivity index is 2.68. The van der Waals surface area contributed by atoms with Crippen molar-refractivity contribution in [1.29, 1.82) is 0 Å². The molecule has 0 heterocycles. The summed E-state index contributed by atoms with van der Waals surface area (Å²) in [7, 11) is 1.81. The van der Waals surface area contributed by atoms with E-state index in [4.69, 9.17) is 4.74 Å². The molecule has 0 aromatic carbocycles. The minimum absolute atomic E-state index is 0.476. The number of likely N-dealkylation sites (N-methyl/N-ethyl adjacent to an activating group) is 1. The molecule has 21 heavy (non-hydrogen) atoms. The number of ether oxygens (including phenoxy) is 1. The number of hydrogen-bond acceptors (Lipinski definition) is 3. The van der Waals surface area contributed by atoms with Gasteiger partial charge in [0.05, 0.1) is 6.61 Å². The van der Waals surface area contributed by atoms with Crippen LogP contribution in [-0.2, 0) is 4.74 Å². The molecule has 0 radical (unpaired) electrons. The van der Waals surface area contributed by atoms with Crippen LogP contribution in [0.15, 0.2) is 0 Å². The van der Waals surface area contributed by atoms with Crippen molar-refractivity contribution >= 4 is 0 Å². The summed E-state index contributed by atoms with van der Waals surface area (Å²) >= 11 is 0. The highest BCUT2D eigenvalue weighted by atomic mass is 16.5. The largest absolute Gasteiger partial charge is 0.383 e. The van der Waals surface area contributed by atoms with Crippen LogP contribution in [0.4, 0.5) is 0 Å². The third-order valence-corrected chi connectivity index (χ3v) is 5.07. The van der Waals surface area contributed by atoms with E-state index in [1.165, 1.54) is 58.0 Å². The standard InChI is InChI=1S/C18H38N2O/c1-5-13-19-15-18(11-9-7-8-10-12-18)16-20(6-2)17(3)14-21-4/h17,19H,5-16H2,1-4H3. The van der Waals surface area contributed by atoms with Crippen molar-refractivity contribution in [3.63, 3.8) is 0 Å². The first kappa shape index (κ1) is 18.9. The first-order valence-corrected chi connectivity index (χ1v) is 9.11. The summed E-state index contributed by atoms with van der Waals surface area (Å²) < 4.78 is 5.37. The first-order chi connectivity index (χ1) is 10.2. The van der Waals surface area contributed by atoms with Gasteiger partial charge >= 0.3 is 0 Å². The second kappa shape index (κ2) is 10.6. The Morgan fingerprint density at radius 3 is 2.33 bits per heavy atom. The Bertz CT molecular complexity index is 250. The van der Waals surface area contributed by atoms with Crippen LogP contribution in [-0.4, -0.2) is 50.8 Å². The maximum Gasteiger partial charge on any atom is 0.0615 e. The molecule has 1 fully saturated rings. The highest BCUT2D eigenvalue weighted by Gasteiger charge is 2.33. The molecule has 1 unspecified atom stereocenters. The number of methoxy groups -OCH3 is 1. The molecule has 0 spiro atoms. The molecule has 1 N–H and O–H groups in total. The predicted octanol–water partition coefficient (Wildman–Crippen LogP) is 3.68. The second-order valence-corrected chi connectivity index (χ2v) is 6.96. The van der Waals surface area contributed by atoms with Crippen molar-refractivity contribution in [3.8, 4) is 0 Å². The number of hydrogen-bond donors (Lipinski definition) is 1. The second-order valence-electron chi connectivity index (χ2n) is 6.96. The number of nitrogens with zero attached hydrogens (tertiary/aromatic N) is 1. The van der Waals surface area contributed by atoms with Crippen LogP contribution in [0.3, 0.4) is 0 Å². The molecule has 1 saturated carbocycles. The minimum Gasteiger partial charge on any atom is -0.383 e. The Morgan fingerprint density at radius 2 is 1.81 bits per heavy atom. The summed E-state index contributed by atoms with van der Waals surface area (Å²) in [6.45, 7) is 12.4. The van der Waals surface area contributed by atoms with E-state index in [-0.39, 0.29) is 0 Å². The highest BCUT2D eigenvalue weighted by molar-refractivity contribution is 4.88. The Labute approximate surface area is 132 Å². The van der Waals surface area contributed by atoms with Gasteiger partial charge in [0.2, 0.25) is 0 Å². The molecular weight excluding hydrogens is 260 g/mol. The van der Waals surface area contributed by atoms with E-state index in [0.29, 0.717) is 11.5 Å². The molecule has 1 aliphatic carbocycles. The fourth-order valence-electron chi connectivity index (χ4n) is 3.76. The van der Waals surface area contributed by atoms with Gasteiger partial charge in [-0.1, -0.05) is 39.5 Å². The summed E-state index contributed by atoms with van der Waals surface area (Å²) in [4.78, 5) is 2.63. The summed E-state index contributed by atoms with van der Waals surface area (Å²) in [6, 6.07) is 0.520. The van der Waals surface area contributed by atoms with Gasteiger partial charge in [-0.15, -0.1) is 0 Å². The van der Waals surface area contributed by atoms with Crippen LogP contribution in [0.5, 0.6) is 0 Å². The van der Waals surface area contributed by atoms with Crippen LogP contribution in [0.1, 0.15) is 65.7 Å². The van der Waals surface area contributed by atoms with Crippen molar-refractivity contribution in [1.82, 2.24) is 10.2 Å². The topological polar surface area (TPSA) is 24.5 Å². The molecule has 0 aliphatic heterocycles. The van der Waals surface area contributed by atoms with Gasteiger partial charge in [0, 0.05) is 26.2 Å². The van der Waals surface area contributed by atoms with Crippen molar-refractivity contribution in [2.45, 2.75) is 71.8 Å². The van der Waals surface area contributed by atoms with Gasteiger partial charge in [-0.05, 0) is 44.7 Å². The summed E-state index contributed by atoms with van der Waals surface area (Å²) in [6.07, 6.45) is 9.67. The molecule has 0 amide bonds. The predicted molar refractivity (Wildman–Crippen MR) is 91.9 cm³/mol. The molecule has 3 heteroatoms. The van der Waals surface area contributed by atoms with E-state index in [2.05, 4.69) is 31.0 Å². The summed E-state index contributed by atoms with van der Waals surface area (Å²) in [5, 5.41) is 3.72. The lowest BCUT2D eigenvalue weighted by Crippen LogP contribution is -2.48. The van der Waals surface area contributed by atoms with Crippen molar-refractivity contribution in [3.05, 3.63) is 0 Å². The molecule has 0 bridgehead atoms. The van der Waals surface area contributed by atoms with Gasteiger partial charge in [0.25, 0.3) is 0 Å². The molecule has 0 saturated heterocycles. The van der Waals surface area contributed by atoms with Crippen molar-refractivity contribution < 1.29 is 4.74 Å². The summed E-state index contributed by atoms with van der Waals surface area (Å²) in [5.74, 6) is 0. The van der Waals surface area contributed by atoms with E-state index in [0.717, 1.165) is 19.7 Å². The summed E-state index contributed by atoms with van der Waals surface area (Å²) in [5.41, 5.74) is 0.476. The van der Waals surface area contributed by atoms with E-state index < -0.39 is 0 Å². The van der Waals surface area contributed by atoms with E-state index in [9.17, 15) is 0 Å². The van der Waals surface area contributed by atoms with Crippen LogP contribution >= 0.6 is 0 Å². The van der Waals surface area contributed by atoms with Crippen molar-refractivity contribution in [2.75, 3.05) is 39.9 Å². The Morgan fingerprint density at radius 1 is 1.14 bits per heavy atom. The van der Waals surface area contributed by atoms with E-state index >= 15 is 0 Å². The highest BCUT2D eigenvalue weighted by Crippen LogP contribution is 2.35. The molecule has 0 aromatic rings. The average molecular weight is 299 g/mol. The number of rotatable bonds is 10. The molecule has 0 aromatic heterocycles. The zero-order valence-corrected chi connectivity index (χ0v) is 14.9. The Kier molecular flexibility index (Phi) is 9.54. The lowest BCUT2D eigenvalue weighted by molar-refractivity contribution is 0.0584. The van der Waals surface area contributed by atoms with Crippen LogP contribution in [0.25, 0.3) is 0 Å². The maximum absolute atomic E-state index is 5.37. The number of nitrogens with one attached hydrogen (secondary N) is 1. The van der Waals surface area contributed by atoms with Gasteiger partial charge in [-0.2, -0.15) is 0 Å². The van der Waals surface area contributed by atoms with E-state index in [1.54, 1.807) is 0 Å². The van der Waals surface area contributed by atoms with Crippen LogP contribution < -0.4 is 5.32 Å². The molecule has 1 rings (SSSR count). The Hall–Kier alpha value is -0.120. The lowest BCUT2D eigenvalue weighted by Gasteiger charge is -2.40. The normalized spacial score (nSPS) is 20.4.